The van der Waals surface area contributed by atoms with E-state index in [0.717, 1.165) is 89.9 Å². The third-order valence-electron chi connectivity index (χ3n) is 14.9. The molecule has 0 bridgehead atoms. The molecule has 0 heterocycles. The highest BCUT2D eigenvalue weighted by atomic mass is 16.6. The standard InChI is InChI=1S/C72H128O6/c1-4-7-10-13-16-19-22-24-26-28-30-32-34-35-36-37-39-40-42-44-46-48-50-53-56-59-62-65-71(74)77-68-69(67-76-70(73)64-61-58-55-52-21-18-15-12-9-6-3)78-72(75)66-63-60-57-54-51-49-47-45-43-41-38-33-31-29-27-25-23-20-17-14-11-8-5-2/h22-25,28-31,34-35,38,41,69H,4-21,26-27,32-33,36-37,39-40,42-68H2,1-3H3/b24-22-,25-23-,30-28-,31-29-,35-34-,41-38-. The largest absolute Gasteiger partial charge is 0.462 e. The van der Waals surface area contributed by atoms with Crippen LogP contribution in [0.4, 0.5) is 0 Å². The Morgan fingerprint density at radius 3 is 0.718 bits per heavy atom. The van der Waals surface area contributed by atoms with Crippen molar-refractivity contribution in [2.75, 3.05) is 13.2 Å². The van der Waals surface area contributed by atoms with Crippen molar-refractivity contribution in [1.82, 2.24) is 0 Å². The van der Waals surface area contributed by atoms with Crippen LogP contribution in [-0.2, 0) is 28.6 Å². The Bertz CT molecular complexity index is 1440. The van der Waals surface area contributed by atoms with Gasteiger partial charge in [0, 0.05) is 19.3 Å². The minimum Gasteiger partial charge on any atom is -0.462 e. The van der Waals surface area contributed by atoms with Crippen LogP contribution in [0.3, 0.4) is 0 Å². The highest BCUT2D eigenvalue weighted by Crippen LogP contribution is 2.17. The molecule has 0 N–H and O–H groups in total. The zero-order chi connectivity index (χ0) is 56.4. The van der Waals surface area contributed by atoms with E-state index in [0.29, 0.717) is 19.3 Å². The number of carbonyl (C=O) groups is 3. The molecule has 0 saturated heterocycles. The van der Waals surface area contributed by atoms with E-state index in [1.54, 1.807) is 0 Å². The van der Waals surface area contributed by atoms with Gasteiger partial charge in [0.2, 0.25) is 0 Å². The van der Waals surface area contributed by atoms with Gasteiger partial charge in [-0.15, -0.1) is 0 Å². The summed E-state index contributed by atoms with van der Waals surface area (Å²) >= 11 is 0. The second-order valence-corrected chi connectivity index (χ2v) is 22.7. The number of unbranched alkanes of at least 4 members (excludes halogenated alkanes) is 39. The van der Waals surface area contributed by atoms with Gasteiger partial charge in [-0.05, 0) is 96.3 Å². The summed E-state index contributed by atoms with van der Waals surface area (Å²) in [7, 11) is 0. The second-order valence-electron chi connectivity index (χ2n) is 22.7. The van der Waals surface area contributed by atoms with Crippen molar-refractivity contribution in [1.29, 1.82) is 0 Å². The normalized spacial score (nSPS) is 12.5. The van der Waals surface area contributed by atoms with Gasteiger partial charge in [-0.25, -0.2) is 0 Å². The van der Waals surface area contributed by atoms with E-state index in [1.807, 2.05) is 0 Å². The summed E-state index contributed by atoms with van der Waals surface area (Å²) in [5.74, 6) is -0.870. The molecule has 0 aliphatic heterocycles. The van der Waals surface area contributed by atoms with Gasteiger partial charge < -0.3 is 14.2 Å². The van der Waals surface area contributed by atoms with Crippen LogP contribution in [0.15, 0.2) is 72.9 Å². The molecule has 0 aromatic heterocycles. The summed E-state index contributed by atoms with van der Waals surface area (Å²) in [5.41, 5.74) is 0. The van der Waals surface area contributed by atoms with E-state index >= 15 is 0 Å². The van der Waals surface area contributed by atoms with Gasteiger partial charge in [0.25, 0.3) is 0 Å². The quantitative estimate of drug-likeness (QED) is 0.0261. The molecule has 0 aromatic rings. The summed E-state index contributed by atoms with van der Waals surface area (Å²) in [5, 5.41) is 0. The summed E-state index contributed by atoms with van der Waals surface area (Å²) in [4.78, 5) is 38.3. The lowest BCUT2D eigenvalue weighted by Gasteiger charge is -2.18. The molecule has 6 nitrogen and oxygen atoms in total. The molecule has 0 amide bonds. The predicted molar refractivity (Wildman–Crippen MR) is 339 cm³/mol. The smallest absolute Gasteiger partial charge is 0.306 e. The Hall–Kier alpha value is -3.15. The van der Waals surface area contributed by atoms with Gasteiger partial charge in [-0.3, -0.25) is 14.4 Å². The number of rotatable bonds is 62. The van der Waals surface area contributed by atoms with Crippen molar-refractivity contribution in [3.05, 3.63) is 72.9 Å². The van der Waals surface area contributed by atoms with E-state index in [4.69, 9.17) is 14.2 Å². The van der Waals surface area contributed by atoms with Crippen LogP contribution in [0.1, 0.15) is 348 Å². The van der Waals surface area contributed by atoms with Crippen molar-refractivity contribution < 1.29 is 28.6 Å². The van der Waals surface area contributed by atoms with Crippen molar-refractivity contribution in [3.63, 3.8) is 0 Å². The Morgan fingerprint density at radius 1 is 0.256 bits per heavy atom. The fourth-order valence-electron chi connectivity index (χ4n) is 9.81. The highest BCUT2D eigenvalue weighted by Gasteiger charge is 2.19. The third-order valence-corrected chi connectivity index (χ3v) is 14.9. The average molecular weight is 1090 g/mol. The number of hydrogen-bond acceptors (Lipinski definition) is 6. The van der Waals surface area contributed by atoms with Gasteiger partial charge in [-0.2, -0.15) is 0 Å². The van der Waals surface area contributed by atoms with Crippen molar-refractivity contribution in [3.8, 4) is 0 Å². The van der Waals surface area contributed by atoms with Gasteiger partial charge in [0.15, 0.2) is 6.10 Å². The van der Waals surface area contributed by atoms with E-state index < -0.39 is 6.10 Å². The molecule has 0 spiro atoms. The van der Waals surface area contributed by atoms with Crippen LogP contribution in [0.5, 0.6) is 0 Å². The van der Waals surface area contributed by atoms with E-state index in [9.17, 15) is 14.4 Å². The first-order chi connectivity index (χ1) is 38.5. The highest BCUT2D eigenvalue weighted by molar-refractivity contribution is 5.71. The maximum absolute atomic E-state index is 12.9. The van der Waals surface area contributed by atoms with Gasteiger partial charge in [0.05, 0.1) is 0 Å². The van der Waals surface area contributed by atoms with Gasteiger partial charge >= 0.3 is 17.9 Å². The molecule has 0 saturated carbocycles. The molecule has 0 aliphatic carbocycles. The lowest BCUT2D eigenvalue weighted by atomic mass is 10.0. The second kappa shape index (κ2) is 66.4. The molecule has 6 heteroatoms. The molecule has 1 atom stereocenters. The number of hydrogen-bond donors (Lipinski definition) is 0. The number of carbonyl (C=O) groups excluding carboxylic acids is 3. The number of esters is 3. The first-order valence-electron chi connectivity index (χ1n) is 33.9. The van der Waals surface area contributed by atoms with Crippen molar-refractivity contribution >= 4 is 17.9 Å². The van der Waals surface area contributed by atoms with E-state index in [-0.39, 0.29) is 31.1 Å². The molecule has 0 radical (unpaired) electrons. The maximum Gasteiger partial charge on any atom is 0.306 e. The minimum atomic E-state index is -0.779. The maximum atomic E-state index is 12.9. The van der Waals surface area contributed by atoms with Crippen LogP contribution >= 0.6 is 0 Å². The van der Waals surface area contributed by atoms with Crippen LogP contribution in [0, 0.1) is 0 Å². The average Bonchev–Trinajstić information content (AvgIpc) is 3.44. The van der Waals surface area contributed by atoms with Crippen LogP contribution in [0.2, 0.25) is 0 Å². The zero-order valence-electron chi connectivity index (χ0n) is 51.9. The fraction of sp³-hybridized carbons (Fsp3) is 0.792. The Labute approximate surface area is 484 Å². The summed E-state index contributed by atoms with van der Waals surface area (Å²) in [6.07, 6.45) is 86.4. The molecule has 452 valence electrons. The summed E-state index contributed by atoms with van der Waals surface area (Å²) in [6, 6.07) is 0. The lowest BCUT2D eigenvalue weighted by molar-refractivity contribution is -0.167. The van der Waals surface area contributed by atoms with Gasteiger partial charge in [-0.1, -0.05) is 306 Å². The van der Waals surface area contributed by atoms with Gasteiger partial charge in [0.1, 0.15) is 13.2 Å². The Balaban J connectivity index is 4.23. The number of ether oxygens (including phenoxy) is 3. The first kappa shape index (κ1) is 74.8. The van der Waals surface area contributed by atoms with Crippen LogP contribution in [0.25, 0.3) is 0 Å². The first-order valence-corrected chi connectivity index (χ1v) is 33.9. The molecule has 0 fully saturated rings. The van der Waals surface area contributed by atoms with E-state index in [2.05, 4.69) is 93.7 Å². The SMILES string of the molecule is CCCCCCC/C=C\C/C=C\C/C=C\CCCCCCCCCCCCCCC(=O)OCC(COC(=O)CCCCCCCCCCCC)OC(=O)CCCCCCCCCC/C=C\C/C=C\C/C=C\CCCCCCC. The van der Waals surface area contributed by atoms with E-state index in [1.165, 1.54) is 218 Å². The molecular formula is C72H128O6. The monoisotopic (exact) mass is 1090 g/mol. The van der Waals surface area contributed by atoms with Crippen molar-refractivity contribution in [2.24, 2.45) is 0 Å². The summed E-state index contributed by atoms with van der Waals surface area (Å²) < 4.78 is 16.9. The third kappa shape index (κ3) is 63.7. The molecule has 0 aromatic carbocycles. The Kier molecular flexibility index (Phi) is 63.7. The minimum absolute atomic E-state index is 0.0758. The summed E-state index contributed by atoms with van der Waals surface area (Å²) in [6.45, 7) is 6.64. The molecule has 0 aliphatic rings. The molecule has 0 rings (SSSR count). The number of allylic oxidation sites excluding steroid dienone is 12. The Morgan fingerprint density at radius 2 is 0.462 bits per heavy atom. The van der Waals surface area contributed by atoms with Crippen LogP contribution in [-0.4, -0.2) is 37.2 Å². The topological polar surface area (TPSA) is 78.9 Å². The van der Waals surface area contributed by atoms with Crippen LogP contribution < -0.4 is 0 Å². The predicted octanol–water partition coefficient (Wildman–Crippen LogP) is 23.3. The van der Waals surface area contributed by atoms with Crippen molar-refractivity contribution in [2.45, 2.75) is 354 Å². The zero-order valence-corrected chi connectivity index (χ0v) is 51.9. The lowest BCUT2D eigenvalue weighted by Crippen LogP contribution is -2.30. The molecule has 1 unspecified atom stereocenters. The fourth-order valence-corrected chi connectivity index (χ4v) is 9.81. The molecule has 78 heavy (non-hydrogen) atoms. The molecular weight excluding hydrogens is 961 g/mol.